The lowest BCUT2D eigenvalue weighted by atomic mass is 10.1. The fraction of sp³-hybridized carbons (Fsp3) is 0.174. The van der Waals surface area contributed by atoms with E-state index in [1.54, 1.807) is 61.7 Å². The minimum Gasteiger partial charge on any atom is -0.493 e. The van der Waals surface area contributed by atoms with E-state index >= 15 is 0 Å². The van der Waals surface area contributed by atoms with Gasteiger partial charge < -0.3 is 14.8 Å². The van der Waals surface area contributed by atoms with E-state index in [1.165, 1.54) is 19.2 Å². The molecule has 0 atom stereocenters. The molecule has 1 N–H and O–H groups in total. The smallest absolute Gasteiger partial charge is 0.264 e. The molecule has 0 heterocycles. The van der Waals surface area contributed by atoms with E-state index in [1.807, 2.05) is 12.1 Å². The minimum absolute atomic E-state index is 0.151. The number of hydrogen-bond donors (Lipinski definition) is 1. The Balaban J connectivity index is 1.69. The van der Waals surface area contributed by atoms with Crippen molar-refractivity contribution in [2.24, 2.45) is 0 Å². The van der Waals surface area contributed by atoms with Crippen molar-refractivity contribution in [3.63, 3.8) is 0 Å². The Labute approximate surface area is 182 Å². The molecule has 3 aromatic rings. The lowest BCUT2D eigenvalue weighted by molar-refractivity contribution is 0.0947. The van der Waals surface area contributed by atoms with Crippen molar-refractivity contribution in [3.05, 3.63) is 84.4 Å². The number of nitrogens with one attached hydrogen (secondary N) is 1. The van der Waals surface area contributed by atoms with E-state index < -0.39 is 15.9 Å². The lowest BCUT2D eigenvalue weighted by Crippen LogP contribution is -2.32. The molecule has 8 heteroatoms. The Kier molecular flexibility index (Phi) is 7.15. The van der Waals surface area contributed by atoms with E-state index in [0.29, 0.717) is 11.5 Å². The highest BCUT2D eigenvalue weighted by Gasteiger charge is 2.24. The van der Waals surface area contributed by atoms with Gasteiger partial charge in [-0.05, 0) is 36.4 Å². The molecule has 1 amide bonds. The zero-order valence-electron chi connectivity index (χ0n) is 17.3. The summed E-state index contributed by atoms with van der Waals surface area (Å²) in [5, 5.41) is 2.77. The molecule has 31 heavy (non-hydrogen) atoms. The van der Waals surface area contributed by atoms with Crippen LogP contribution in [0, 0.1) is 0 Å². The van der Waals surface area contributed by atoms with Gasteiger partial charge >= 0.3 is 0 Å². The maximum absolute atomic E-state index is 12.9. The van der Waals surface area contributed by atoms with Crippen LogP contribution in [0.5, 0.6) is 11.5 Å². The van der Waals surface area contributed by atoms with Gasteiger partial charge in [0.25, 0.3) is 15.9 Å². The first kappa shape index (κ1) is 22.2. The number of ether oxygens (including phenoxy) is 2. The number of benzene rings is 3. The van der Waals surface area contributed by atoms with Crippen LogP contribution in [0.15, 0.2) is 83.8 Å². The van der Waals surface area contributed by atoms with Crippen LogP contribution < -0.4 is 19.1 Å². The van der Waals surface area contributed by atoms with Gasteiger partial charge in [-0.2, -0.15) is 0 Å². The molecule has 3 rings (SSSR count). The number of para-hydroxylation sites is 3. The molecular formula is C23H24N2O5S. The Morgan fingerprint density at radius 1 is 0.903 bits per heavy atom. The highest BCUT2D eigenvalue weighted by atomic mass is 32.2. The highest BCUT2D eigenvalue weighted by Crippen LogP contribution is 2.26. The van der Waals surface area contributed by atoms with Gasteiger partial charge in [-0.3, -0.25) is 9.10 Å². The van der Waals surface area contributed by atoms with Gasteiger partial charge in [0.05, 0.1) is 29.8 Å². The summed E-state index contributed by atoms with van der Waals surface area (Å²) >= 11 is 0. The highest BCUT2D eigenvalue weighted by molar-refractivity contribution is 7.92. The van der Waals surface area contributed by atoms with Crippen LogP contribution in [-0.2, 0) is 10.0 Å². The number of hydrogen-bond acceptors (Lipinski definition) is 5. The third-order valence-electron chi connectivity index (χ3n) is 4.60. The number of methoxy groups -OCH3 is 1. The summed E-state index contributed by atoms with van der Waals surface area (Å²) in [6.45, 7) is 0.465. The zero-order valence-corrected chi connectivity index (χ0v) is 18.1. The molecule has 7 nitrogen and oxygen atoms in total. The second-order valence-corrected chi connectivity index (χ2v) is 8.53. The number of sulfonamides is 1. The Hall–Kier alpha value is -3.52. The van der Waals surface area contributed by atoms with Crippen molar-refractivity contribution >= 4 is 21.6 Å². The summed E-state index contributed by atoms with van der Waals surface area (Å²) < 4.78 is 37.9. The van der Waals surface area contributed by atoms with Gasteiger partial charge in [0.15, 0.2) is 11.5 Å². The van der Waals surface area contributed by atoms with Gasteiger partial charge in [-0.25, -0.2) is 8.42 Å². The largest absolute Gasteiger partial charge is 0.493 e. The zero-order chi connectivity index (χ0) is 22.3. The van der Waals surface area contributed by atoms with Crippen LogP contribution in [0.4, 0.5) is 5.69 Å². The Bertz CT molecular complexity index is 1130. The monoisotopic (exact) mass is 440 g/mol. The van der Waals surface area contributed by atoms with Crippen LogP contribution in [0.25, 0.3) is 0 Å². The lowest BCUT2D eigenvalue weighted by Gasteiger charge is -2.22. The number of amides is 1. The van der Waals surface area contributed by atoms with Gasteiger partial charge in [0.1, 0.15) is 6.61 Å². The van der Waals surface area contributed by atoms with Gasteiger partial charge in [0, 0.05) is 7.05 Å². The van der Waals surface area contributed by atoms with Gasteiger partial charge in [-0.15, -0.1) is 0 Å². The third kappa shape index (κ3) is 5.16. The van der Waals surface area contributed by atoms with Crippen LogP contribution in [0.1, 0.15) is 10.4 Å². The first-order valence-corrected chi connectivity index (χ1v) is 11.1. The second kappa shape index (κ2) is 9.99. The third-order valence-corrected chi connectivity index (χ3v) is 6.39. The maximum Gasteiger partial charge on any atom is 0.264 e. The molecule has 0 fully saturated rings. The summed E-state index contributed by atoms with van der Waals surface area (Å²) in [5.74, 6) is 0.787. The SMILES string of the molecule is COc1ccccc1OCCNC(=O)c1ccccc1N(C)S(=O)(=O)c1ccccc1. The molecule has 162 valence electrons. The van der Waals surface area contributed by atoms with E-state index in [9.17, 15) is 13.2 Å². The molecule has 0 aliphatic carbocycles. The predicted octanol–water partition coefficient (Wildman–Crippen LogP) is 3.33. The fourth-order valence-corrected chi connectivity index (χ4v) is 4.21. The van der Waals surface area contributed by atoms with E-state index in [4.69, 9.17) is 9.47 Å². The van der Waals surface area contributed by atoms with E-state index in [-0.39, 0.29) is 29.3 Å². The maximum atomic E-state index is 12.9. The summed E-state index contributed by atoms with van der Waals surface area (Å²) in [7, 11) is -0.816. The summed E-state index contributed by atoms with van der Waals surface area (Å²) in [6.07, 6.45) is 0. The standard InChI is InChI=1S/C23H24N2O5S/c1-25(31(27,28)18-10-4-3-5-11-18)20-13-7-6-12-19(20)23(26)24-16-17-30-22-15-9-8-14-21(22)29-2/h3-15H,16-17H2,1-2H3,(H,24,26). The van der Waals surface area contributed by atoms with Crippen molar-refractivity contribution in [3.8, 4) is 11.5 Å². The quantitative estimate of drug-likeness (QED) is 0.516. The van der Waals surface area contributed by atoms with E-state index in [0.717, 1.165) is 4.31 Å². The number of nitrogens with zero attached hydrogens (tertiary/aromatic N) is 1. The van der Waals surface area contributed by atoms with Gasteiger partial charge in [0.2, 0.25) is 0 Å². The first-order valence-electron chi connectivity index (χ1n) is 9.62. The van der Waals surface area contributed by atoms with E-state index in [2.05, 4.69) is 5.32 Å². The summed E-state index contributed by atoms with van der Waals surface area (Å²) in [4.78, 5) is 12.9. The molecule has 0 unspecified atom stereocenters. The summed E-state index contributed by atoms with van der Waals surface area (Å²) in [5.41, 5.74) is 0.538. The summed E-state index contributed by atoms with van der Waals surface area (Å²) in [6, 6.07) is 21.9. The van der Waals surface area contributed by atoms with Crippen molar-refractivity contribution < 1.29 is 22.7 Å². The van der Waals surface area contributed by atoms with Crippen molar-refractivity contribution in [2.75, 3.05) is 31.6 Å². The molecule has 0 aliphatic rings. The molecule has 0 radical (unpaired) electrons. The topological polar surface area (TPSA) is 84.9 Å². The van der Waals surface area contributed by atoms with Crippen LogP contribution >= 0.6 is 0 Å². The second-order valence-electron chi connectivity index (χ2n) is 6.56. The molecule has 0 saturated heterocycles. The van der Waals surface area contributed by atoms with Gasteiger partial charge in [-0.1, -0.05) is 42.5 Å². The van der Waals surface area contributed by atoms with Crippen LogP contribution in [-0.4, -0.2) is 41.6 Å². The fourth-order valence-electron chi connectivity index (χ4n) is 2.98. The number of anilines is 1. The number of rotatable bonds is 9. The molecule has 0 saturated carbocycles. The van der Waals surface area contributed by atoms with Crippen LogP contribution in [0.2, 0.25) is 0 Å². The Morgan fingerprint density at radius 3 is 2.23 bits per heavy atom. The number of carbonyl (C=O) groups is 1. The molecule has 3 aromatic carbocycles. The molecular weight excluding hydrogens is 416 g/mol. The molecule has 0 spiro atoms. The van der Waals surface area contributed by atoms with Crippen molar-refractivity contribution in [2.45, 2.75) is 4.90 Å². The molecule has 0 aliphatic heterocycles. The van der Waals surface area contributed by atoms with Crippen molar-refractivity contribution in [1.82, 2.24) is 5.32 Å². The minimum atomic E-state index is -3.80. The Morgan fingerprint density at radius 2 is 1.52 bits per heavy atom. The number of carbonyl (C=O) groups excluding carboxylic acids is 1. The molecule has 0 bridgehead atoms. The first-order chi connectivity index (χ1) is 14.9. The van der Waals surface area contributed by atoms with Crippen molar-refractivity contribution in [1.29, 1.82) is 0 Å². The average Bonchev–Trinajstić information content (AvgIpc) is 2.82. The predicted molar refractivity (Wildman–Crippen MR) is 119 cm³/mol. The average molecular weight is 441 g/mol. The normalized spacial score (nSPS) is 10.9. The molecule has 0 aromatic heterocycles. The van der Waals surface area contributed by atoms with Crippen LogP contribution in [0.3, 0.4) is 0 Å².